The SMILES string of the molecule is CC1(C)OB(c2ccc(Oc3ccc(Cl)cn3)cc2)OC1(C)C. The Morgan fingerprint density at radius 2 is 1.57 bits per heavy atom. The predicted molar refractivity (Wildman–Crippen MR) is 91.5 cm³/mol. The van der Waals surface area contributed by atoms with E-state index in [9.17, 15) is 0 Å². The van der Waals surface area contributed by atoms with Crippen molar-refractivity contribution in [2.45, 2.75) is 38.9 Å². The van der Waals surface area contributed by atoms with Crippen molar-refractivity contribution in [3.05, 3.63) is 47.6 Å². The normalized spacial score (nSPS) is 18.9. The third-order valence-electron chi connectivity index (χ3n) is 4.33. The smallest absolute Gasteiger partial charge is 0.439 e. The first-order valence-corrected chi connectivity index (χ1v) is 7.90. The first kappa shape index (κ1) is 16.3. The summed E-state index contributed by atoms with van der Waals surface area (Å²) < 4.78 is 17.7. The van der Waals surface area contributed by atoms with Crippen molar-refractivity contribution in [1.82, 2.24) is 4.98 Å². The first-order chi connectivity index (χ1) is 10.8. The van der Waals surface area contributed by atoms with E-state index in [0.29, 0.717) is 16.7 Å². The molecule has 1 aromatic heterocycles. The molecule has 4 nitrogen and oxygen atoms in total. The molecule has 1 aliphatic heterocycles. The van der Waals surface area contributed by atoms with E-state index in [1.807, 2.05) is 52.0 Å². The minimum atomic E-state index is -0.372. The molecule has 1 aliphatic rings. The summed E-state index contributed by atoms with van der Waals surface area (Å²) in [4.78, 5) is 4.11. The third kappa shape index (κ3) is 3.37. The Morgan fingerprint density at radius 1 is 0.957 bits per heavy atom. The highest BCUT2D eigenvalue weighted by atomic mass is 35.5. The monoisotopic (exact) mass is 331 g/mol. The molecule has 0 aliphatic carbocycles. The molecule has 0 spiro atoms. The van der Waals surface area contributed by atoms with Crippen molar-refractivity contribution in [2.24, 2.45) is 0 Å². The van der Waals surface area contributed by atoms with E-state index in [-0.39, 0.29) is 18.3 Å². The summed E-state index contributed by atoms with van der Waals surface area (Å²) in [5, 5.41) is 0.577. The molecule has 0 atom stereocenters. The van der Waals surface area contributed by atoms with E-state index in [0.717, 1.165) is 5.46 Å². The molecular weight excluding hydrogens is 312 g/mol. The summed E-state index contributed by atoms with van der Waals surface area (Å²) in [7, 11) is -0.372. The van der Waals surface area contributed by atoms with Gasteiger partial charge in [-0.2, -0.15) is 0 Å². The second-order valence-corrected chi connectivity index (χ2v) is 7.01. The van der Waals surface area contributed by atoms with Gasteiger partial charge < -0.3 is 14.0 Å². The predicted octanol–water partition coefficient (Wildman–Crippen LogP) is 3.83. The molecule has 0 amide bonds. The van der Waals surface area contributed by atoms with Gasteiger partial charge in [0.05, 0.1) is 16.2 Å². The van der Waals surface area contributed by atoms with Gasteiger partial charge in [0.25, 0.3) is 0 Å². The topological polar surface area (TPSA) is 40.6 Å². The van der Waals surface area contributed by atoms with Crippen LogP contribution in [0.5, 0.6) is 11.6 Å². The van der Waals surface area contributed by atoms with E-state index in [4.69, 9.17) is 25.6 Å². The molecule has 120 valence electrons. The number of hydrogen-bond acceptors (Lipinski definition) is 4. The zero-order chi connectivity index (χ0) is 16.7. The van der Waals surface area contributed by atoms with Gasteiger partial charge in [-0.05, 0) is 51.4 Å². The van der Waals surface area contributed by atoms with Gasteiger partial charge in [-0.3, -0.25) is 0 Å². The minimum Gasteiger partial charge on any atom is -0.439 e. The van der Waals surface area contributed by atoms with Crippen LogP contribution in [0, 0.1) is 0 Å². The Labute approximate surface area is 141 Å². The summed E-state index contributed by atoms with van der Waals surface area (Å²) in [6, 6.07) is 11.1. The molecule has 0 saturated carbocycles. The van der Waals surface area contributed by atoms with E-state index in [1.165, 1.54) is 0 Å². The van der Waals surface area contributed by atoms with Gasteiger partial charge >= 0.3 is 7.12 Å². The van der Waals surface area contributed by atoms with Crippen molar-refractivity contribution in [1.29, 1.82) is 0 Å². The molecule has 2 aromatic rings. The van der Waals surface area contributed by atoms with Crippen molar-refractivity contribution in [2.75, 3.05) is 0 Å². The van der Waals surface area contributed by atoms with Gasteiger partial charge in [0, 0.05) is 12.3 Å². The van der Waals surface area contributed by atoms with Gasteiger partial charge in [-0.15, -0.1) is 0 Å². The van der Waals surface area contributed by atoms with E-state index in [1.54, 1.807) is 18.3 Å². The first-order valence-electron chi connectivity index (χ1n) is 7.52. The Hall–Kier alpha value is -1.56. The average molecular weight is 332 g/mol. The van der Waals surface area contributed by atoms with Gasteiger partial charge in [-0.25, -0.2) is 4.98 Å². The number of pyridine rings is 1. The summed E-state index contributed by atoms with van der Waals surface area (Å²) >= 11 is 5.81. The Balaban J connectivity index is 1.72. The van der Waals surface area contributed by atoms with E-state index in [2.05, 4.69) is 4.98 Å². The maximum Gasteiger partial charge on any atom is 0.494 e. The number of ether oxygens (including phenoxy) is 1. The number of hydrogen-bond donors (Lipinski definition) is 0. The van der Waals surface area contributed by atoms with Crippen molar-refractivity contribution < 1.29 is 14.0 Å². The second-order valence-electron chi connectivity index (χ2n) is 6.57. The van der Waals surface area contributed by atoms with Crippen LogP contribution >= 0.6 is 11.6 Å². The fourth-order valence-electron chi connectivity index (χ4n) is 2.22. The zero-order valence-corrected chi connectivity index (χ0v) is 14.4. The number of aromatic nitrogens is 1. The highest BCUT2D eigenvalue weighted by Crippen LogP contribution is 2.36. The quantitative estimate of drug-likeness (QED) is 0.802. The maximum atomic E-state index is 6.03. The van der Waals surface area contributed by atoms with Gasteiger partial charge in [0.1, 0.15) is 5.75 Å². The van der Waals surface area contributed by atoms with Crippen LogP contribution in [-0.2, 0) is 9.31 Å². The van der Waals surface area contributed by atoms with Crippen LogP contribution in [0.2, 0.25) is 5.02 Å². The number of rotatable bonds is 3. The standard InChI is InChI=1S/C17H19BClNO3/c1-16(2)17(3,4)23-18(22-16)12-5-8-14(9-6-12)21-15-10-7-13(19)11-20-15/h5-11H,1-4H3. The zero-order valence-electron chi connectivity index (χ0n) is 13.7. The third-order valence-corrected chi connectivity index (χ3v) is 4.55. The number of halogens is 1. The van der Waals surface area contributed by atoms with Crippen LogP contribution < -0.4 is 10.2 Å². The molecule has 1 aromatic carbocycles. The lowest BCUT2D eigenvalue weighted by Gasteiger charge is -2.32. The van der Waals surface area contributed by atoms with Crippen molar-refractivity contribution >= 4 is 24.2 Å². The van der Waals surface area contributed by atoms with Crippen molar-refractivity contribution in [3.63, 3.8) is 0 Å². The number of nitrogens with zero attached hydrogens (tertiary/aromatic N) is 1. The van der Waals surface area contributed by atoms with E-state index >= 15 is 0 Å². The highest BCUT2D eigenvalue weighted by Gasteiger charge is 2.51. The molecule has 0 N–H and O–H groups in total. The average Bonchev–Trinajstić information content (AvgIpc) is 2.71. The maximum absolute atomic E-state index is 6.03. The lowest BCUT2D eigenvalue weighted by Crippen LogP contribution is -2.41. The molecule has 0 unspecified atom stereocenters. The summed E-state index contributed by atoms with van der Waals surface area (Å²) in [5.41, 5.74) is 0.264. The molecule has 23 heavy (non-hydrogen) atoms. The van der Waals surface area contributed by atoms with Crippen molar-refractivity contribution in [3.8, 4) is 11.6 Å². The molecule has 0 bridgehead atoms. The summed E-state index contributed by atoms with van der Waals surface area (Å²) in [6.45, 7) is 8.15. The molecule has 1 fully saturated rings. The van der Waals surface area contributed by atoms with Gasteiger partial charge in [0.2, 0.25) is 5.88 Å². The molecular formula is C17H19BClNO3. The van der Waals surface area contributed by atoms with Crippen LogP contribution in [0.1, 0.15) is 27.7 Å². The Kier molecular flexibility index (Phi) is 4.13. The summed E-state index contributed by atoms with van der Waals surface area (Å²) in [5.74, 6) is 1.19. The van der Waals surface area contributed by atoms with Gasteiger partial charge in [0.15, 0.2) is 0 Å². The van der Waals surface area contributed by atoms with Crippen LogP contribution in [0.4, 0.5) is 0 Å². The fourth-order valence-corrected chi connectivity index (χ4v) is 2.33. The highest BCUT2D eigenvalue weighted by molar-refractivity contribution is 6.62. The molecule has 2 heterocycles. The Bertz CT molecular complexity index is 670. The minimum absolute atomic E-state index is 0.347. The largest absolute Gasteiger partial charge is 0.494 e. The van der Waals surface area contributed by atoms with Crippen LogP contribution in [0.3, 0.4) is 0 Å². The lowest BCUT2D eigenvalue weighted by atomic mass is 9.79. The molecule has 3 rings (SSSR count). The van der Waals surface area contributed by atoms with Crippen LogP contribution in [0.15, 0.2) is 42.6 Å². The molecule has 6 heteroatoms. The lowest BCUT2D eigenvalue weighted by molar-refractivity contribution is 0.00578. The van der Waals surface area contributed by atoms with E-state index < -0.39 is 0 Å². The molecule has 1 saturated heterocycles. The van der Waals surface area contributed by atoms with Gasteiger partial charge in [-0.1, -0.05) is 23.7 Å². The second kappa shape index (κ2) is 5.82. The van der Waals surface area contributed by atoms with Crippen LogP contribution in [-0.4, -0.2) is 23.3 Å². The summed E-state index contributed by atoms with van der Waals surface area (Å²) in [6.07, 6.45) is 1.55. The number of benzene rings is 1. The molecule has 0 radical (unpaired) electrons. The van der Waals surface area contributed by atoms with Crippen LogP contribution in [0.25, 0.3) is 0 Å². The Morgan fingerprint density at radius 3 is 2.09 bits per heavy atom. The fraction of sp³-hybridized carbons (Fsp3) is 0.353.